The third-order valence-electron chi connectivity index (χ3n) is 11.3. The molecule has 0 saturated carbocycles. The first-order chi connectivity index (χ1) is 24.8. The molecule has 1 fully saturated rings. The van der Waals surface area contributed by atoms with Gasteiger partial charge in [0.2, 0.25) is 0 Å². The number of aryl methyl sites for hydroxylation is 2. The summed E-state index contributed by atoms with van der Waals surface area (Å²) in [5.41, 5.74) is 6.94. The lowest BCUT2D eigenvalue weighted by atomic mass is 9.84. The Kier molecular flexibility index (Phi) is 9.07. The lowest BCUT2D eigenvalue weighted by molar-refractivity contribution is -0.160. The van der Waals surface area contributed by atoms with Crippen LogP contribution in [0.1, 0.15) is 88.5 Å². The maximum atomic E-state index is 13.1. The van der Waals surface area contributed by atoms with Gasteiger partial charge in [0.1, 0.15) is 10.8 Å². The van der Waals surface area contributed by atoms with Crippen LogP contribution in [0.2, 0.25) is 0 Å². The zero-order chi connectivity index (χ0) is 36.5. The number of carbonyl (C=O) groups is 1. The topological polar surface area (TPSA) is 93.0 Å². The number of fused-ring (bicyclic) bond motifs is 7. The van der Waals surface area contributed by atoms with E-state index in [2.05, 4.69) is 60.2 Å². The zero-order valence-corrected chi connectivity index (χ0v) is 32.3. The molecule has 5 heterocycles. The number of benzene rings is 3. The van der Waals surface area contributed by atoms with E-state index in [1.807, 2.05) is 45.5 Å². The standard InChI is InChI=1S/C42H51N5O4S/c1-24-9-8-10-26-15-18-50-34-14-12-27(21-30(26)34)36-35(37(41(48)49)51-42(3,4)5)25(2)20-32-38(36)52-40(43-32)28-11-13-33-31(22-28)39(44-46(33)7)47-17-16-45(6)23-29(47)19-24/h11-14,20-22,24,26,29,37H,8-10,15-19,23H2,1-7H3,(H,48,49). The van der Waals surface area contributed by atoms with Crippen LogP contribution >= 0.6 is 11.3 Å². The van der Waals surface area contributed by atoms with Crippen molar-refractivity contribution < 1.29 is 19.4 Å². The Morgan fingerprint density at radius 3 is 2.65 bits per heavy atom. The second kappa shape index (κ2) is 13.5. The van der Waals surface area contributed by atoms with E-state index in [0.717, 1.165) is 105 Å². The van der Waals surface area contributed by atoms with Crippen molar-refractivity contribution in [2.75, 3.05) is 38.2 Å². The third-order valence-corrected chi connectivity index (χ3v) is 12.4. The number of rotatable bonds is 3. The summed E-state index contributed by atoms with van der Waals surface area (Å²) in [6.07, 6.45) is 4.36. The molecule has 3 aromatic carbocycles. The molecular weight excluding hydrogens is 671 g/mol. The van der Waals surface area contributed by atoms with E-state index in [4.69, 9.17) is 19.6 Å². The Bertz CT molecular complexity index is 2170. The molecule has 1 N–H and O–H groups in total. The molecule has 0 radical (unpaired) electrons. The van der Waals surface area contributed by atoms with Crippen LogP contribution in [0.3, 0.4) is 0 Å². The minimum Gasteiger partial charge on any atom is -0.493 e. The summed E-state index contributed by atoms with van der Waals surface area (Å²) in [5.74, 6) is 1.94. The van der Waals surface area contributed by atoms with Crippen LogP contribution < -0.4 is 9.64 Å². The van der Waals surface area contributed by atoms with Crippen molar-refractivity contribution in [3.05, 3.63) is 59.2 Å². The molecule has 52 heavy (non-hydrogen) atoms. The Morgan fingerprint density at radius 2 is 1.87 bits per heavy atom. The molecule has 4 unspecified atom stereocenters. The minimum absolute atomic E-state index is 0.375. The highest BCUT2D eigenvalue weighted by atomic mass is 32.1. The summed E-state index contributed by atoms with van der Waals surface area (Å²) >= 11 is 1.62. The summed E-state index contributed by atoms with van der Waals surface area (Å²) in [6.45, 7) is 13.8. The second-order valence-electron chi connectivity index (χ2n) is 16.4. The van der Waals surface area contributed by atoms with Crippen LogP contribution in [0, 0.1) is 12.8 Å². The fourth-order valence-corrected chi connectivity index (χ4v) is 9.97. The summed E-state index contributed by atoms with van der Waals surface area (Å²) in [7, 11) is 4.28. The van der Waals surface area contributed by atoms with Crippen molar-refractivity contribution in [2.24, 2.45) is 13.0 Å². The fraction of sp³-hybridized carbons (Fsp3) is 0.500. The van der Waals surface area contributed by atoms with E-state index in [9.17, 15) is 9.90 Å². The van der Waals surface area contributed by atoms with Crippen LogP contribution in [-0.2, 0) is 16.6 Å². The van der Waals surface area contributed by atoms with Gasteiger partial charge in [-0.1, -0.05) is 25.8 Å². The Labute approximate surface area is 310 Å². The van der Waals surface area contributed by atoms with Gasteiger partial charge in [0.25, 0.3) is 0 Å². The van der Waals surface area contributed by atoms with Gasteiger partial charge in [-0.05, 0) is 119 Å². The molecule has 4 atom stereocenters. The highest BCUT2D eigenvalue weighted by molar-refractivity contribution is 7.22. The summed E-state index contributed by atoms with van der Waals surface area (Å²) in [4.78, 5) is 23.4. The molecule has 9 nitrogen and oxygen atoms in total. The Balaban J connectivity index is 1.37. The third kappa shape index (κ3) is 6.47. The van der Waals surface area contributed by atoms with Crippen LogP contribution in [0.25, 0.3) is 42.8 Å². The first kappa shape index (κ1) is 35.1. The van der Waals surface area contributed by atoms with Gasteiger partial charge in [-0.25, -0.2) is 9.78 Å². The predicted octanol–water partition coefficient (Wildman–Crippen LogP) is 8.96. The van der Waals surface area contributed by atoms with E-state index < -0.39 is 17.7 Å². The van der Waals surface area contributed by atoms with Gasteiger partial charge < -0.3 is 24.4 Å². The molecule has 6 bridgehead atoms. The highest BCUT2D eigenvalue weighted by Gasteiger charge is 2.34. The number of piperazine rings is 1. The van der Waals surface area contributed by atoms with Gasteiger partial charge in [-0.2, -0.15) is 5.10 Å². The van der Waals surface area contributed by atoms with Gasteiger partial charge in [-0.15, -0.1) is 11.3 Å². The number of likely N-dealkylation sites (N-methyl/N-ethyl adjacent to an activating group) is 1. The van der Waals surface area contributed by atoms with Gasteiger partial charge in [0, 0.05) is 54.8 Å². The van der Waals surface area contributed by atoms with Crippen molar-refractivity contribution in [3.63, 3.8) is 0 Å². The SMILES string of the molecule is Cc1cc2nc3sc2c(c1C(OC(C)(C)C)C(=O)O)-c1ccc2c(c1)C(CCCC(C)CC1CN(C)CCN1c1nn(C)c4ccc-3cc14)CCO2. The number of ether oxygens (including phenoxy) is 2. The van der Waals surface area contributed by atoms with Crippen molar-refractivity contribution in [1.82, 2.24) is 19.7 Å². The van der Waals surface area contributed by atoms with Crippen LogP contribution in [0.15, 0.2) is 42.5 Å². The molecule has 2 aromatic heterocycles. The molecule has 1 saturated heterocycles. The Hall–Kier alpha value is -3.99. The first-order valence-corrected chi connectivity index (χ1v) is 19.7. The van der Waals surface area contributed by atoms with Crippen molar-refractivity contribution >= 4 is 44.2 Å². The quantitative estimate of drug-likeness (QED) is 0.198. The summed E-state index contributed by atoms with van der Waals surface area (Å²) in [5, 5.41) is 17.9. The normalized spacial score (nSPS) is 21.8. The number of carboxylic acids is 1. The number of anilines is 1. The number of hydrogen-bond acceptors (Lipinski definition) is 8. The molecule has 10 heteroatoms. The molecule has 3 aliphatic heterocycles. The molecular formula is C42H51N5O4S. The van der Waals surface area contributed by atoms with E-state index in [1.54, 1.807) is 11.3 Å². The highest BCUT2D eigenvalue weighted by Crippen LogP contribution is 2.47. The lowest BCUT2D eigenvalue weighted by Gasteiger charge is -2.41. The summed E-state index contributed by atoms with van der Waals surface area (Å²) < 4.78 is 15.6. The van der Waals surface area contributed by atoms with Crippen molar-refractivity contribution in [2.45, 2.75) is 90.4 Å². The van der Waals surface area contributed by atoms with Crippen molar-refractivity contribution in [1.29, 1.82) is 0 Å². The molecule has 0 spiro atoms. The molecule has 0 aliphatic carbocycles. The maximum Gasteiger partial charge on any atom is 0.337 e. The predicted molar refractivity (Wildman–Crippen MR) is 210 cm³/mol. The molecule has 8 rings (SSSR count). The van der Waals surface area contributed by atoms with E-state index in [-0.39, 0.29) is 0 Å². The van der Waals surface area contributed by atoms with Gasteiger partial charge in [0.05, 0.1) is 27.9 Å². The van der Waals surface area contributed by atoms with E-state index in [0.29, 0.717) is 30.0 Å². The lowest BCUT2D eigenvalue weighted by Crippen LogP contribution is -2.52. The largest absolute Gasteiger partial charge is 0.493 e. The smallest absolute Gasteiger partial charge is 0.337 e. The molecule has 3 aliphatic rings. The number of aliphatic carboxylic acids is 1. The fourth-order valence-electron chi connectivity index (χ4n) is 8.85. The second-order valence-corrected chi connectivity index (χ2v) is 17.4. The molecule has 5 aromatic rings. The van der Waals surface area contributed by atoms with Crippen molar-refractivity contribution in [3.8, 4) is 27.4 Å². The molecule has 274 valence electrons. The van der Waals surface area contributed by atoms with Crippen LogP contribution in [0.5, 0.6) is 5.75 Å². The monoisotopic (exact) mass is 721 g/mol. The summed E-state index contributed by atoms with van der Waals surface area (Å²) in [6, 6.07) is 15.5. The average Bonchev–Trinajstić information content (AvgIpc) is 3.66. The maximum absolute atomic E-state index is 13.1. The number of aromatic nitrogens is 3. The average molecular weight is 722 g/mol. The minimum atomic E-state index is -1.15. The van der Waals surface area contributed by atoms with Gasteiger partial charge in [-0.3, -0.25) is 4.68 Å². The van der Waals surface area contributed by atoms with Crippen LogP contribution in [0.4, 0.5) is 5.82 Å². The number of thiazole rings is 1. The number of nitrogens with zero attached hydrogens (tertiary/aromatic N) is 5. The zero-order valence-electron chi connectivity index (χ0n) is 31.5. The molecule has 0 amide bonds. The van der Waals surface area contributed by atoms with E-state index in [1.165, 1.54) is 12.0 Å². The van der Waals surface area contributed by atoms with Gasteiger partial charge in [0.15, 0.2) is 11.9 Å². The van der Waals surface area contributed by atoms with Gasteiger partial charge >= 0.3 is 5.97 Å². The Morgan fingerprint density at radius 1 is 1.06 bits per heavy atom. The van der Waals surface area contributed by atoms with E-state index >= 15 is 0 Å². The number of carboxylic acid groups (broad SMARTS) is 1. The first-order valence-electron chi connectivity index (χ1n) is 18.9. The van der Waals surface area contributed by atoms with Crippen LogP contribution in [-0.4, -0.2) is 75.7 Å². The number of hydrogen-bond donors (Lipinski definition) is 1.